The lowest BCUT2D eigenvalue weighted by Crippen LogP contribution is -2.02. The molecule has 1 nitrogen and oxygen atoms in total. The molecule has 80 valence electrons. The Morgan fingerprint density at radius 2 is 1.87 bits per heavy atom. The predicted molar refractivity (Wildman–Crippen MR) is 64.1 cm³/mol. The zero-order valence-electron chi connectivity index (χ0n) is 9.67. The molecule has 0 aliphatic rings. The normalized spacial score (nSPS) is 12.1. The van der Waals surface area contributed by atoms with Crippen LogP contribution in [0.1, 0.15) is 42.4 Å². The van der Waals surface area contributed by atoms with Crippen molar-refractivity contribution < 1.29 is 5.11 Å². The molecule has 0 aliphatic heterocycles. The molecule has 0 radical (unpaired) electrons. The molecule has 0 fully saturated rings. The van der Waals surface area contributed by atoms with Crippen molar-refractivity contribution in [3.8, 4) is 18.1 Å². The second-order valence-corrected chi connectivity index (χ2v) is 4.01. The molecule has 0 spiro atoms. The van der Waals surface area contributed by atoms with E-state index >= 15 is 0 Å². The molecule has 1 unspecified atom stereocenters. The predicted octanol–water partition coefficient (Wildman–Crippen LogP) is 3.53. The SMILES string of the molecule is C#CCC(CC)c1c(C)cc(O)cc1C. The Bertz CT molecular complexity index is 362. The summed E-state index contributed by atoms with van der Waals surface area (Å²) in [7, 11) is 0. The van der Waals surface area contributed by atoms with E-state index in [1.54, 1.807) is 0 Å². The van der Waals surface area contributed by atoms with Gasteiger partial charge in [0.05, 0.1) is 0 Å². The van der Waals surface area contributed by atoms with Crippen molar-refractivity contribution in [2.45, 2.75) is 39.5 Å². The molecule has 0 saturated heterocycles. The van der Waals surface area contributed by atoms with Crippen LogP contribution in [-0.4, -0.2) is 5.11 Å². The van der Waals surface area contributed by atoms with Gasteiger partial charge in [-0.1, -0.05) is 6.92 Å². The molecule has 0 saturated carbocycles. The maximum atomic E-state index is 9.46. The molecular weight excluding hydrogens is 184 g/mol. The van der Waals surface area contributed by atoms with E-state index in [9.17, 15) is 5.11 Å². The quantitative estimate of drug-likeness (QED) is 0.743. The van der Waals surface area contributed by atoms with Crippen molar-refractivity contribution >= 4 is 0 Å². The lowest BCUT2D eigenvalue weighted by atomic mass is 9.87. The highest BCUT2D eigenvalue weighted by Crippen LogP contribution is 2.31. The molecule has 0 bridgehead atoms. The monoisotopic (exact) mass is 202 g/mol. The van der Waals surface area contributed by atoms with Gasteiger partial charge in [0, 0.05) is 6.42 Å². The number of hydrogen-bond acceptors (Lipinski definition) is 1. The van der Waals surface area contributed by atoms with E-state index in [1.165, 1.54) is 5.56 Å². The van der Waals surface area contributed by atoms with Crippen LogP contribution in [0.5, 0.6) is 5.75 Å². The molecule has 15 heavy (non-hydrogen) atoms. The summed E-state index contributed by atoms with van der Waals surface area (Å²) in [6.07, 6.45) is 7.18. The van der Waals surface area contributed by atoms with Gasteiger partial charge < -0.3 is 5.11 Å². The Morgan fingerprint density at radius 1 is 1.33 bits per heavy atom. The van der Waals surface area contributed by atoms with Gasteiger partial charge in [-0.15, -0.1) is 12.3 Å². The summed E-state index contributed by atoms with van der Waals surface area (Å²) in [5, 5.41) is 9.46. The first-order valence-electron chi connectivity index (χ1n) is 5.33. The third kappa shape index (κ3) is 2.53. The Balaban J connectivity index is 3.18. The van der Waals surface area contributed by atoms with E-state index in [4.69, 9.17) is 6.42 Å². The minimum Gasteiger partial charge on any atom is -0.508 e. The first kappa shape index (κ1) is 11.7. The van der Waals surface area contributed by atoms with Crippen LogP contribution >= 0.6 is 0 Å². The van der Waals surface area contributed by atoms with Crippen LogP contribution in [-0.2, 0) is 0 Å². The zero-order chi connectivity index (χ0) is 11.4. The van der Waals surface area contributed by atoms with E-state index in [2.05, 4.69) is 12.8 Å². The Hall–Kier alpha value is -1.42. The fourth-order valence-corrected chi connectivity index (χ4v) is 2.19. The molecule has 0 aliphatic carbocycles. The molecule has 1 N–H and O–H groups in total. The van der Waals surface area contributed by atoms with Gasteiger partial charge in [0.1, 0.15) is 5.75 Å². The molecule has 0 amide bonds. The van der Waals surface area contributed by atoms with Crippen LogP contribution in [0, 0.1) is 26.2 Å². The van der Waals surface area contributed by atoms with Gasteiger partial charge in [-0.2, -0.15) is 0 Å². The Kier molecular flexibility index (Phi) is 3.80. The summed E-state index contributed by atoms with van der Waals surface area (Å²) in [6, 6.07) is 3.61. The van der Waals surface area contributed by atoms with Crippen molar-refractivity contribution in [2.24, 2.45) is 0 Å². The third-order valence-electron chi connectivity index (χ3n) is 2.84. The highest BCUT2D eigenvalue weighted by molar-refractivity contribution is 5.42. The van der Waals surface area contributed by atoms with Crippen molar-refractivity contribution in [1.82, 2.24) is 0 Å². The number of phenolic OH excluding ortho intramolecular Hbond substituents is 1. The second kappa shape index (κ2) is 4.89. The summed E-state index contributed by atoms with van der Waals surface area (Å²) in [5.74, 6) is 3.47. The van der Waals surface area contributed by atoms with E-state index in [-0.39, 0.29) is 0 Å². The van der Waals surface area contributed by atoms with Crippen molar-refractivity contribution in [2.75, 3.05) is 0 Å². The largest absolute Gasteiger partial charge is 0.508 e. The van der Waals surface area contributed by atoms with Crippen LogP contribution in [0.25, 0.3) is 0 Å². The lowest BCUT2D eigenvalue weighted by molar-refractivity contribution is 0.473. The van der Waals surface area contributed by atoms with Crippen LogP contribution in [0.2, 0.25) is 0 Å². The van der Waals surface area contributed by atoms with Gasteiger partial charge in [0.2, 0.25) is 0 Å². The fraction of sp³-hybridized carbons (Fsp3) is 0.429. The van der Waals surface area contributed by atoms with Crippen LogP contribution in [0.15, 0.2) is 12.1 Å². The highest BCUT2D eigenvalue weighted by atomic mass is 16.3. The number of rotatable bonds is 3. The fourth-order valence-electron chi connectivity index (χ4n) is 2.19. The van der Waals surface area contributed by atoms with Gasteiger partial charge in [-0.05, 0) is 55.0 Å². The second-order valence-electron chi connectivity index (χ2n) is 4.01. The van der Waals surface area contributed by atoms with Crippen LogP contribution in [0.4, 0.5) is 0 Å². The maximum Gasteiger partial charge on any atom is 0.116 e. The molecule has 1 atom stereocenters. The molecule has 1 aromatic carbocycles. The van der Waals surface area contributed by atoms with Crippen LogP contribution < -0.4 is 0 Å². The Morgan fingerprint density at radius 3 is 2.27 bits per heavy atom. The van der Waals surface area contributed by atoms with Crippen molar-refractivity contribution in [3.05, 3.63) is 28.8 Å². The van der Waals surface area contributed by atoms with E-state index < -0.39 is 0 Å². The zero-order valence-corrected chi connectivity index (χ0v) is 9.67. The van der Waals surface area contributed by atoms with Gasteiger partial charge in [0.15, 0.2) is 0 Å². The number of benzene rings is 1. The average Bonchev–Trinajstić information content (AvgIpc) is 2.14. The van der Waals surface area contributed by atoms with Crippen molar-refractivity contribution in [3.63, 3.8) is 0 Å². The lowest BCUT2D eigenvalue weighted by Gasteiger charge is -2.18. The Labute approximate surface area is 92.1 Å². The van der Waals surface area contributed by atoms with E-state index in [0.717, 1.165) is 24.0 Å². The van der Waals surface area contributed by atoms with Gasteiger partial charge in [-0.3, -0.25) is 0 Å². The van der Waals surface area contributed by atoms with Crippen LogP contribution in [0.3, 0.4) is 0 Å². The number of terminal acetylenes is 1. The first-order valence-corrected chi connectivity index (χ1v) is 5.33. The number of aromatic hydroxyl groups is 1. The molecule has 1 heteroatoms. The van der Waals surface area contributed by atoms with Gasteiger partial charge >= 0.3 is 0 Å². The molecule has 1 rings (SSSR count). The minimum absolute atomic E-state index is 0.337. The van der Waals surface area contributed by atoms with Gasteiger partial charge in [0.25, 0.3) is 0 Å². The van der Waals surface area contributed by atoms with Gasteiger partial charge in [-0.25, -0.2) is 0 Å². The van der Waals surface area contributed by atoms with E-state index in [1.807, 2.05) is 26.0 Å². The maximum absolute atomic E-state index is 9.46. The standard InChI is InChI=1S/C14H18O/c1-5-7-12(6-2)14-10(3)8-13(15)9-11(14)4/h1,8-9,12,15H,6-7H2,2-4H3. The smallest absolute Gasteiger partial charge is 0.116 e. The molecule has 0 heterocycles. The average molecular weight is 202 g/mol. The number of aryl methyl sites for hydroxylation is 2. The summed E-state index contributed by atoms with van der Waals surface area (Å²) in [4.78, 5) is 0. The van der Waals surface area contributed by atoms with Crippen molar-refractivity contribution in [1.29, 1.82) is 0 Å². The summed E-state index contributed by atoms with van der Waals surface area (Å²) in [5.41, 5.74) is 3.57. The molecular formula is C14H18O. The molecule has 1 aromatic rings. The summed E-state index contributed by atoms with van der Waals surface area (Å²) < 4.78 is 0. The number of hydrogen-bond donors (Lipinski definition) is 1. The summed E-state index contributed by atoms with van der Waals surface area (Å²) >= 11 is 0. The summed E-state index contributed by atoms with van der Waals surface area (Å²) in [6.45, 7) is 6.20. The highest BCUT2D eigenvalue weighted by Gasteiger charge is 2.14. The number of phenols is 1. The minimum atomic E-state index is 0.337. The topological polar surface area (TPSA) is 20.2 Å². The van der Waals surface area contributed by atoms with E-state index in [0.29, 0.717) is 11.7 Å². The molecule has 0 aromatic heterocycles. The third-order valence-corrected chi connectivity index (χ3v) is 2.84. The first-order chi connectivity index (χ1) is 7.10.